The van der Waals surface area contributed by atoms with Crippen molar-refractivity contribution in [1.82, 2.24) is 15.3 Å². The summed E-state index contributed by atoms with van der Waals surface area (Å²) in [5.74, 6) is 0.964. The first-order chi connectivity index (χ1) is 12.7. The van der Waals surface area contributed by atoms with Crippen LogP contribution in [0.1, 0.15) is 29.2 Å². The minimum absolute atomic E-state index is 0.0992. The molecular weight excluding hydrogens is 326 g/mol. The van der Waals surface area contributed by atoms with Crippen LogP contribution in [0.3, 0.4) is 0 Å². The second kappa shape index (κ2) is 6.84. The second-order valence-electron chi connectivity index (χ2n) is 6.81. The molecule has 0 aromatic heterocycles. The first-order valence-electron chi connectivity index (χ1n) is 8.87. The highest BCUT2D eigenvalue weighted by molar-refractivity contribution is 5.84. The van der Waals surface area contributed by atoms with Crippen LogP contribution < -0.4 is 10.2 Å². The lowest BCUT2D eigenvalue weighted by Gasteiger charge is -2.32. The van der Waals surface area contributed by atoms with Gasteiger partial charge in [-0.25, -0.2) is 5.43 Å². The summed E-state index contributed by atoms with van der Waals surface area (Å²) >= 11 is 0. The molecule has 2 heterocycles. The maximum absolute atomic E-state index is 13.0. The average Bonchev–Trinajstić information content (AvgIpc) is 3.11. The fourth-order valence-corrected chi connectivity index (χ4v) is 3.61. The molecule has 1 N–H and O–H groups in total. The van der Waals surface area contributed by atoms with Gasteiger partial charge in [0.15, 0.2) is 0 Å². The van der Waals surface area contributed by atoms with Crippen LogP contribution in [-0.2, 0) is 11.3 Å². The number of rotatable bonds is 4. The number of amides is 1. The molecular formula is C21H23N3O2. The number of methoxy groups -OCH3 is 1. The maximum atomic E-state index is 13.0. The van der Waals surface area contributed by atoms with Crippen LogP contribution >= 0.6 is 0 Å². The smallest absolute Gasteiger partial charge is 0.251 e. The molecule has 2 aromatic rings. The molecule has 1 fully saturated rings. The summed E-state index contributed by atoms with van der Waals surface area (Å²) in [5.41, 5.74) is 6.94. The fraction of sp³-hybridized carbons (Fsp3) is 0.286. The van der Waals surface area contributed by atoms with Crippen LogP contribution in [0.2, 0.25) is 0 Å². The van der Waals surface area contributed by atoms with E-state index in [1.165, 1.54) is 11.1 Å². The minimum Gasteiger partial charge on any atom is -0.497 e. The highest BCUT2D eigenvalue weighted by atomic mass is 16.5. The number of hydrogen-bond donors (Lipinski definition) is 1. The Morgan fingerprint density at radius 3 is 2.81 bits per heavy atom. The molecule has 0 radical (unpaired) electrons. The quantitative estimate of drug-likeness (QED) is 0.921. The van der Waals surface area contributed by atoms with Crippen molar-refractivity contribution < 1.29 is 9.53 Å². The van der Waals surface area contributed by atoms with Gasteiger partial charge in [-0.15, -0.1) is 0 Å². The van der Waals surface area contributed by atoms with Gasteiger partial charge in [0.2, 0.25) is 0 Å². The van der Waals surface area contributed by atoms with E-state index in [1.54, 1.807) is 7.11 Å². The Hall–Kier alpha value is -2.79. The lowest BCUT2D eigenvalue weighted by Crippen LogP contribution is -2.47. The number of nitrogens with one attached hydrogen (secondary N) is 1. The standard InChI is InChI=1S/C21H23N3O2/c1-15-6-3-4-7-17(15)14-23-10-11-24-20(21(23)25)13-19(22-24)16-8-5-9-18(12-16)26-2/h3-12,19-20,22H,13-14H2,1-2H3. The Kier molecular flexibility index (Phi) is 4.39. The van der Waals surface area contributed by atoms with Gasteiger partial charge in [0.05, 0.1) is 19.7 Å². The number of ether oxygens (including phenoxy) is 1. The van der Waals surface area contributed by atoms with Gasteiger partial charge in [0.25, 0.3) is 5.91 Å². The first-order valence-corrected chi connectivity index (χ1v) is 8.87. The van der Waals surface area contributed by atoms with Crippen molar-refractivity contribution >= 4 is 5.91 Å². The predicted octanol–water partition coefficient (Wildman–Crippen LogP) is 3.14. The van der Waals surface area contributed by atoms with E-state index in [4.69, 9.17) is 4.74 Å². The van der Waals surface area contributed by atoms with Crippen LogP contribution in [0, 0.1) is 6.92 Å². The zero-order chi connectivity index (χ0) is 18.1. The SMILES string of the molecule is COc1cccc(C2CC3C(=O)N(Cc4ccccc4C)C=CN3N2)c1. The van der Waals surface area contributed by atoms with Crippen LogP contribution in [0.5, 0.6) is 5.75 Å². The van der Waals surface area contributed by atoms with Crippen molar-refractivity contribution in [3.8, 4) is 5.75 Å². The lowest BCUT2D eigenvalue weighted by atomic mass is 10.0. The van der Waals surface area contributed by atoms with E-state index in [-0.39, 0.29) is 18.0 Å². The molecule has 1 saturated heterocycles. The van der Waals surface area contributed by atoms with Gasteiger partial charge in [-0.05, 0) is 42.2 Å². The average molecular weight is 349 g/mol. The third-order valence-electron chi connectivity index (χ3n) is 5.17. The van der Waals surface area contributed by atoms with Gasteiger partial charge in [0.1, 0.15) is 11.8 Å². The van der Waals surface area contributed by atoms with Crippen molar-refractivity contribution in [3.05, 3.63) is 77.6 Å². The summed E-state index contributed by atoms with van der Waals surface area (Å²) < 4.78 is 5.32. The van der Waals surface area contributed by atoms with Crippen LogP contribution in [0.25, 0.3) is 0 Å². The molecule has 5 nitrogen and oxygen atoms in total. The maximum Gasteiger partial charge on any atom is 0.251 e. The van der Waals surface area contributed by atoms with Gasteiger partial charge in [-0.1, -0.05) is 36.4 Å². The molecule has 2 aromatic carbocycles. The monoisotopic (exact) mass is 349 g/mol. The number of aryl methyl sites for hydroxylation is 1. The summed E-state index contributed by atoms with van der Waals surface area (Å²) in [4.78, 5) is 14.8. The Morgan fingerprint density at radius 1 is 1.15 bits per heavy atom. The lowest BCUT2D eigenvalue weighted by molar-refractivity contribution is -0.134. The van der Waals surface area contributed by atoms with E-state index < -0.39 is 0 Å². The molecule has 5 heteroatoms. The van der Waals surface area contributed by atoms with E-state index in [0.29, 0.717) is 6.54 Å². The zero-order valence-electron chi connectivity index (χ0n) is 15.1. The molecule has 1 amide bonds. The number of fused-ring (bicyclic) bond motifs is 1. The van der Waals surface area contributed by atoms with Crippen LogP contribution in [0.4, 0.5) is 0 Å². The molecule has 26 heavy (non-hydrogen) atoms. The van der Waals surface area contributed by atoms with Crippen LogP contribution in [-0.4, -0.2) is 29.0 Å². The Balaban J connectivity index is 1.50. The Bertz CT molecular complexity index is 849. The predicted molar refractivity (Wildman–Crippen MR) is 100.0 cm³/mol. The topological polar surface area (TPSA) is 44.8 Å². The molecule has 0 saturated carbocycles. The van der Waals surface area contributed by atoms with Crippen molar-refractivity contribution in [2.24, 2.45) is 0 Å². The third-order valence-corrected chi connectivity index (χ3v) is 5.17. The number of hydrogen-bond acceptors (Lipinski definition) is 4. The number of hydrazine groups is 1. The molecule has 0 aliphatic carbocycles. The number of benzene rings is 2. The van der Waals surface area contributed by atoms with E-state index in [2.05, 4.69) is 30.5 Å². The van der Waals surface area contributed by atoms with E-state index in [0.717, 1.165) is 17.7 Å². The van der Waals surface area contributed by atoms with Crippen molar-refractivity contribution in [1.29, 1.82) is 0 Å². The summed E-state index contributed by atoms with van der Waals surface area (Å²) in [6.07, 6.45) is 4.57. The largest absolute Gasteiger partial charge is 0.497 e. The summed E-state index contributed by atoms with van der Waals surface area (Å²) in [6.45, 7) is 2.69. The normalized spacial score (nSPS) is 21.8. The molecule has 0 bridgehead atoms. The number of nitrogens with zero attached hydrogens (tertiary/aromatic N) is 2. The molecule has 2 unspecified atom stereocenters. The van der Waals surface area contributed by atoms with E-state index in [9.17, 15) is 4.79 Å². The van der Waals surface area contributed by atoms with Crippen molar-refractivity contribution in [3.63, 3.8) is 0 Å². The Labute approximate surface area is 153 Å². The van der Waals surface area contributed by atoms with Gasteiger partial charge in [-0.3, -0.25) is 4.79 Å². The summed E-state index contributed by atoms with van der Waals surface area (Å²) in [6, 6.07) is 16.1. The van der Waals surface area contributed by atoms with E-state index >= 15 is 0 Å². The van der Waals surface area contributed by atoms with Crippen molar-refractivity contribution in [2.75, 3.05) is 7.11 Å². The molecule has 0 spiro atoms. The Morgan fingerprint density at radius 2 is 2.00 bits per heavy atom. The molecule has 4 rings (SSSR count). The molecule has 2 aliphatic heterocycles. The van der Waals surface area contributed by atoms with E-state index in [1.807, 2.05) is 52.6 Å². The summed E-state index contributed by atoms with van der Waals surface area (Å²) in [7, 11) is 1.67. The third kappa shape index (κ3) is 3.06. The molecule has 134 valence electrons. The van der Waals surface area contributed by atoms with Gasteiger partial charge < -0.3 is 14.6 Å². The second-order valence-corrected chi connectivity index (χ2v) is 6.81. The van der Waals surface area contributed by atoms with Crippen molar-refractivity contribution in [2.45, 2.75) is 32.0 Å². The van der Waals surface area contributed by atoms with Crippen LogP contribution in [0.15, 0.2) is 60.9 Å². The van der Waals surface area contributed by atoms with Gasteiger partial charge >= 0.3 is 0 Å². The number of carbonyl (C=O) groups is 1. The molecule has 2 aliphatic rings. The highest BCUT2D eigenvalue weighted by Gasteiger charge is 2.40. The van der Waals surface area contributed by atoms with Gasteiger partial charge in [0, 0.05) is 12.4 Å². The summed E-state index contributed by atoms with van der Waals surface area (Å²) in [5, 5.41) is 1.93. The van der Waals surface area contributed by atoms with Gasteiger partial charge in [-0.2, -0.15) is 0 Å². The molecule has 2 atom stereocenters. The zero-order valence-corrected chi connectivity index (χ0v) is 15.1. The fourth-order valence-electron chi connectivity index (χ4n) is 3.61. The highest BCUT2D eigenvalue weighted by Crippen LogP contribution is 2.32. The first kappa shape index (κ1) is 16.7. The minimum atomic E-state index is -0.180. The number of carbonyl (C=O) groups excluding carboxylic acids is 1.